The Hall–Kier alpha value is -2.28. The van der Waals surface area contributed by atoms with Gasteiger partial charge in [0.15, 0.2) is 0 Å². The van der Waals surface area contributed by atoms with Gasteiger partial charge in [0.05, 0.1) is 16.1 Å². The number of hydrogen-bond donors (Lipinski definition) is 0. The van der Waals surface area contributed by atoms with Gasteiger partial charge in [-0.15, -0.1) is 0 Å². The van der Waals surface area contributed by atoms with E-state index in [9.17, 15) is 10.1 Å². The number of nitro groups is 1. The topological polar surface area (TPSA) is 71.6 Å². The molecule has 0 saturated carbocycles. The van der Waals surface area contributed by atoms with Crippen molar-refractivity contribution in [3.05, 3.63) is 40.6 Å². The number of thiazole rings is 1. The number of aliphatic imine (C=N–C) groups is 1. The fraction of sp³-hybridized carbons (Fsp3) is 0.167. The minimum atomic E-state index is -0.413. The van der Waals surface area contributed by atoms with Crippen molar-refractivity contribution in [3.63, 3.8) is 0 Å². The molecular weight excluding hydrogens is 264 g/mol. The van der Waals surface area contributed by atoms with Crippen molar-refractivity contribution in [1.82, 2.24) is 9.88 Å². The van der Waals surface area contributed by atoms with E-state index in [2.05, 4.69) is 9.98 Å². The molecule has 2 aromatic rings. The largest absolute Gasteiger partial charge is 0.369 e. The maximum atomic E-state index is 10.6. The van der Waals surface area contributed by atoms with Gasteiger partial charge >= 0.3 is 0 Å². The highest BCUT2D eigenvalue weighted by Gasteiger charge is 2.07. The van der Waals surface area contributed by atoms with E-state index in [4.69, 9.17) is 0 Å². The highest BCUT2D eigenvalue weighted by Crippen LogP contribution is 2.31. The van der Waals surface area contributed by atoms with Crippen LogP contribution < -0.4 is 0 Å². The molecule has 0 saturated heterocycles. The Morgan fingerprint density at radius 3 is 2.63 bits per heavy atom. The average Bonchev–Trinajstić information content (AvgIpc) is 2.85. The van der Waals surface area contributed by atoms with Crippen LogP contribution in [0.25, 0.3) is 10.4 Å². The third kappa shape index (κ3) is 3.35. The van der Waals surface area contributed by atoms with Crippen LogP contribution in [-0.2, 0) is 0 Å². The quantitative estimate of drug-likeness (QED) is 0.372. The first-order chi connectivity index (χ1) is 9.06. The molecule has 0 unspecified atom stereocenters. The number of nitro benzene ring substituents is 1. The smallest absolute Gasteiger partial charge is 0.269 e. The molecule has 0 radical (unpaired) electrons. The van der Waals surface area contributed by atoms with Crippen LogP contribution in [0, 0.1) is 10.1 Å². The Morgan fingerprint density at radius 2 is 2.05 bits per heavy atom. The molecule has 0 amide bonds. The summed E-state index contributed by atoms with van der Waals surface area (Å²) in [5, 5.41) is 11.2. The van der Waals surface area contributed by atoms with Crippen LogP contribution in [0.5, 0.6) is 0 Å². The molecule has 0 fully saturated rings. The summed E-state index contributed by atoms with van der Waals surface area (Å²) in [7, 11) is 3.77. The van der Waals surface area contributed by atoms with Crippen LogP contribution in [0.3, 0.4) is 0 Å². The summed E-state index contributed by atoms with van der Waals surface area (Å²) in [5.41, 5.74) is 0.980. The fourth-order valence-corrected chi connectivity index (χ4v) is 2.13. The molecule has 0 aliphatic carbocycles. The van der Waals surface area contributed by atoms with Crippen LogP contribution in [-0.4, -0.2) is 35.2 Å². The molecular formula is C12H12N4O2S. The zero-order chi connectivity index (χ0) is 13.8. The lowest BCUT2D eigenvalue weighted by atomic mass is 10.2. The maximum Gasteiger partial charge on any atom is 0.269 e. The molecule has 0 aliphatic rings. The minimum Gasteiger partial charge on any atom is -0.369 e. The molecule has 98 valence electrons. The van der Waals surface area contributed by atoms with Crippen molar-refractivity contribution in [1.29, 1.82) is 0 Å². The van der Waals surface area contributed by atoms with Gasteiger partial charge in [0.25, 0.3) is 5.69 Å². The number of hydrogen-bond acceptors (Lipinski definition) is 5. The first kappa shape index (κ1) is 13.2. The summed E-state index contributed by atoms with van der Waals surface area (Å²) in [6, 6.07) is 6.39. The van der Waals surface area contributed by atoms with E-state index in [0.29, 0.717) is 5.13 Å². The SMILES string of the molecule is CN(C)/C=N/c1ncc(-c2ccc([N+](=O)[O-])cc2)s1. The Balaban J connectivity index is 2.20. The van der Waals surface area contributed by atoms with Crippen molar-refractivity contribution in [2.24, 2.45) is 4.99 Å². The maximum absolute atomic E-state index is 10.6. The standard InChI is InChI=1S/C12H12N4O2S/c1-15(2)8-14-12-13-7-11(19-12)9-3-5-10(6-4-9)16(17)18/h3-8H,1-2H3/b14-8+. The predicted octanol–water partition coefficient (Wildman–Crippen LogP) is 2.94. The number of aromatic nitrogens is 1. The van der Waals surface area contributed by atoms with Gasteiger partial charge in [-0.2, -0.15) is 0 Å². The molecule has 1 heterocycles. The van der Waals surface area contributed by atoms with E-state index in [1.807, 2.05) is 19.0 Å². The van der Waals surface area contributed by atoms with Crippen LogP contribution in [0.1, 0.15) is 0 Å². The van der Waals surface area contributed by atoms with E-state index >= 15 is 0 Å². The number of rotatable bonds is 4. The number of non-ortho nitro benzene ring substituents is 1. The Kier molecular flexibility index (Phi) is 3.86. The van der Waals surface area contributed by atoms with E-state index in [1.54, 1.807) is 24.7 Å². The molecule has 7 heteroatoms. The lowest BCUT2D eigenvalue weighted by molar-refractivity contribution is -0.384. The molecule has 0 bridgehead atoms. The number of benzene rings is 1. The average molecular weight is 276 g/mol. The second-order valence-electron chi connectivity index (χ2n) is 4.02. The summed E-state index contributed by atoms with van der Waals surface area (Å²) in [6.07, 6.45) is 3.40. The molecule has 0 N–H and O–H groups in total. The predicted molar refractivity (Wildman–Crippen MR) is 76.0 cm³/mol. The zero-order valence-electron chi connectivity index (χ0n) is 10.5. The molecule has 2 rings (SSSR count). The second kappa shape index (κ2) is 5.57. The Bertz CT molecular complexity index is 604. The highest BCUT2D eigenvalue weighted by molar-refractivity contribution is 7.18. The van der Waals surface area contributed by atoms with Gasteiger partial charge in [-0.25, -0.2) is 9.98 Å². The Labute approximate surface area is 114 Å². The molecule has 6 nitrogen and oxygen atoms in total. The van der Waals surface area contributed by atoms with Crippen molar-refractivity contribution in [2.45, 2.75) is 0 Å². The van der Waals surface area contributed by atoms with E-state index in [0.717, 1.165) is 10.4 Å². The summed E-state index contributed by atoms with van der Waals surface area (Å²) in [4.78, 5) is 21.3. The van der Waals surface area contributed by atoms with Crippen LogP contribution in [0.15, 0.2) is 35.5 Å². The first-order valence-corrected chi connectivity index (χ1v) is 6.29. The van der Waals surface area contributed by atoms with Crippen molar-refractivity contribution in [3.8, 4) is 10.4 Å². The normalized spacial score (nSPS) is 10.8. The van der Waals surface area contributed by atoms with Gasteiger partial charge in [-0.1, -0.05) is 11.3 Å². The van der Waals surface area contributed by atoms with E-state index in [1.165, 1.54) is 23.5 Å². The van der Waals surface area contributed by atoms with Crippen LogP contribution in [0.2, 0.25) is 0 Å². The van der Waals surface area contributed by atoms with Crippen molar-refractivity contribution >= 4 is 28.5 Å². The Morgan fingerprint density at radius 1 is 1.37 bits per heavy atom. The molecule has 0 aliphatic heterocycles. The number of nitrogens with zero attached hydrogens (tertiary/aromatic N) is 4. The van der Waals surface area contributed by atoms with Gasteiger partial charge in [-0.05, 0) is 17.7 Å². The summed E-state index contributed by atoms with van der Waals surface area (Å²) in [6.45, 7) is 0. The molecule has 0 spiro atoms. The lowest BCUT2D eigenvalue weighted by Crippen LogP contribution is -2.06. The molecule has 1 aromatic heterocycles. The summed E-state index contributed by atoms with van der Waals surface area (Å²) < 4.78 is 0. The monoisotopic (exact) mass is 276 g/mol. The minimum absolute atomic E-state index is 0.0825. The van der Waals surface area contributed by atoms with E-state index < -0.39 is 4.92 Å². The highest BCUT2D eigenvalue weighted by atomic mass is 32.1. The van der Waals surface area contributed by atoms with Gasteiger partial charge < -0.3 is 4.90 Å². The van der Waals surface area contributed by atoms with Gasteiger partial charge in [-0.3, -0.25) is 10.1 Å². The third-order valence-corrected chi connectivity index (χ3v) is 3.21. The van der Waals surface area contributed by atoms with Gasteiger partial charge in [0.1, 0.15) is 0 Å². The fourth-order valence-electron chi connectivity index (χ4n) is 1.37. The van der Waals surface area contributed by atoms with Crippen LogP contribution >= 0.6 is 11.3 Å². The molecule has 1 aromatic carbocycles. The third-order valence-electron chi connectivity index (χ3n) is 2.26. The van der Waals surface area contributed by atoms with Crippen LogP contribution in [0.4, 0.5) is 10.8 Å². The molecule has 19 heavy (non-hydrogen) atoms. The summed E-state index contributed by atoms with van der Waals surface area (Å²) >= 11 is 1.44. The van der Waals surface area contributed by atoms with Crippen molar-refractivity contribution < 1.29 is 4.92 Å². The second-order valence-corrected chi connectivity index (χ2v) is 5.03. The van der Waals surface area contributed by atoms with Gasteiger partial charge in [0, 0.05) is 32.4 Å². The zero-order valence-corrected chi connectivity index (χ0v) is 11.3. The molecule has 0 atom stereocenters. The van der Waals surface area contributed by atoms with Gasteiger partial charge in [0.2, 0.25) is 5.13 Å². The van der Waals surface area contributed by atoms with E-state index in [-0.39, 0.29) is 5.69 Å². The first-order valence-electron chi connectivity index (χ1n) is 5.47. The van der Waals surface area contributed by atoms with Crippen molar-refractivity contribution in [2.75, 3.05) is 14.1 Å². The lowest BCUT2D eigenvalue weighted by Gasteiger charge is -1.99. The summed E-state index contributed by atoms with van der Waals surface area (Å²) in [5.74, 6) is 0.